The number of hydrogen-bond donors (Lipinski definition) is 1. The van der Waals surface area contributed by atoms with E-state index in [0.717, 1.165) is 56.0 Å². The van der Waals surface area contributed by atoms with Crippen LogP contribution < -0.4 is 14.8 Å². The van der Waals surface area contributed by atoms with Gasteiger partial charge in [0.2, 0.25) is 0 Å². The van der Waals surface area contributed by atoms with E-state index in [-0.39, 0.29) is 0 Å². The van der Waals surface area contributed by atoms with Crippen LogP contribution in [0.2, 0.25) is 5.02 Å². The molecule has 35 heavy (non-hydrogen) atoms. The van der Waals surface area contributed by atoms with Gasteiger partial charge in [-0.3, -0.25) is 4.98 Å². The minimum Gasteiger partial charge on any atom is -0.497 e. The van der Waals surface area contributed by atoms with Crippen LogP contribution in [0.4, 0.5) is 5.69 Å². The van der Waals surface area contributed by atoms with Crippen LogP contribution in [-0.4, -0.2) is 29.4 Å². The molecule has 5 rings (SSSR count). The van der Waals surface area contributed by atoms with E-state index in [2.05, 4.69) is 32.6 Å². The van der Waals surface area contributed by atoms with E-state index in [1.54, 1.807) is 26.6 Å². The lowest BCUT2D eigenvalue weighted by Crippen LogP contribution is -2.03. The van der Waals surface area contributed by atoms with E-state index in [9.17, 15) is 0 Å². The summed E-state index contributed by atoms with van der Waals surface area (Å²) in [5.74, 6) is 1.51. The Hall–Kier alpha value is -4.16. The van der Waals surface area contributed by atoms with Crippen LogP contribution >= 0.6 is 11.6 Å². The lowest BCUT2D eigenvalue weighted by Gasteiger charge is -2.14. The number of nitrogens with one attached hydrogen (secondary N) is 1. The summed E-state index contributed by atoms with van der Waals surface area (Å²) in [5, 5.41) is 13.7. The second-order valence-corrected chi connectivity index (χ2v) is 8.36. The Bertz CT molecular complexity index is 1490. The summed E-state index contributed by atoms with van der Waals surface area (Å²) in [6.07, 6.45) is 3.52. The summed E-state index contributed by atoms with van der Waals surface area (Å²) >= 11 is 6.36. The molecule has 1 N–H and O–H groups in total. The Balaban J connectivity index is 1.49. The Morgan fingerprint density at radius 2 is 1.80 bits per heavy atom. The average molecular weight is 483 g/mol. The van der Waals surface area contributed by atoms with E-state index in [1.165, 1.54) is 0 Å². The van der Waals surface area contributed by atoms with Gasteiger partial charge in [0, 0.05) is 40.3 Å². The Labute approximate surface area is 208 Å². The summed E-state index contributed by atoms with van der Waals surface area (Å²) in [5.41, 5.74) is 6.54. The number of halogens is 1. The Morgan fingerprint density at radius 1 is 0.886 bits per heavy atom. The van der Waals surface area contributed by atoms with Crippen LogP contribution in [-0.2, 0) is 6.54 Å². The molecule has 3 aromatic carbocycles. The summed E-state index contributed by atoms with van der Waals surface area (Å²) in [4.78, 5) is 4.52. The predicted molar refractivity (Wildman–Crippen MR) is 140 cm³/mol. The molecule has 0 bridgehead atoms. The third-order valence-electron chi connectivity index (χ3n) is 5.84. The molecule has 0 aliphatic heterocycles. The lowest BCUT2D eigenvalue weighted by molar-refractivity contribution is 0.391. The molecule has 0 amide bonds. The highest BCUT2D eigenvalue weighted by molar-refractivity contribution is 6.31. The number of rotatable bonds is 7. The molecular formula is C28H23ClN4O2. The zero-order chi connectivity index (χ0) is 24.2. The minimum absolute atomic E-state index is 0.563. The van der Waals surface area contributed by atoms with Gasteiger partial charge in [0.15, 0.2) is 0 Å². The van der Waals surface area contributed by atoms with Gasteiger partial charge in [-0.15, -0.1) is 0 Å². The molecule has 174 valence electrons. The van der Waals surface area contributed by atoms with Gasteiger partial charge in [-0.2, -0.15) is 10.2 Å². The van der Waals surface area contributed by atoms with E-state index in [4.69, 9.17) is 21.1 Å². The zero-order valence-electron chi connectivity index (χ0n) is 19.3. The predicted octanol–water partition coefficient (Wildman–Crippen LogP) is 6.64. The molecule has 0 fully saturated rings. The molecule has 0 saturated carbocycles. The summed E-state index contributed by atoms with van der Waals surface area (Å²) in [7, 11) is 3.29. The van der Waals surface area contributed by atoms with Crippen molar-refractivity contribution >= 4 is 28.2 Å². The topological polar surface area (TPSA) is 69.2 Å². The summed E-state index contributed by atoms with van der Waals surface area (Å²) in [6, 6.07) is 23.6. The maximum atomic E-state index is 6.36. The first-order valence-corrected chi connectivity index (χ1v) is 11.5. The molecule has 0 aliphatic rings. The van der Waals surface area contributed by atoms with Crippen molar-refractivity contribution in [3.63, 3.8) is 0 Å². The monoisotopic (exact) mass is 482 g/mol. The number of nitrogens with zero attached hydrogens (tertiary/aromatic N) is 3. The average Bonchev–Trinajstić information content (AvgIpc) is 2.91. The van der Waals surface area contributed by atoms with E-state index in [1.807, 2.05) is 60.7 Å². The number of ether oxygens (including phenoxy) is 2. The van der Waals surface area contributed by atoms with Crippen molar-refractivity contribution in [2.75, 3.05) is 19.5 Å². The molecule has 0 aliphatic carbocycles. The standard InChI is InChI=1S/C28H23ClN4O2/c1-34-21-9-6-19(28(15-21)35-2)16-31-27-17-32-33-26-13-18(7-10-23(26)27)24-14-20(29)8-11-22(24)25-5-3-4-12-30-25/h3-15,17H,16H2,1-2H3,(H,31,33). The molecule has 0 radical (unpaired) electrons. The van der Waals surface area contributed by atoms with E-state index >= 15 is 0 Å². The van der Waals surface area contributed by atoms with Crippen molar-refractivity contribution in [1.82, 2.24) is 15.2 Å². The molecule has 0 unspecified atom stereocenters. The fraction of sp³-hybridized carbons (Fsp3) is 0.107. The number of aromatic nitrogens is 3. The maximum Gasteiger partial charge on any atom is 0.127 e. The third-order valence-corrected chi connectivity index (χ3v) is 6.07. The normalized spacial score (nSPS) is 10.8. The van der Waals surface area contributed by atoms with Gasteiger partial charge in [-0.05, 0) is 59.7 Å². The number of pyridine rings is 1. The first-order chi connectivity index (χ1) is 17.2. The van der Waals surface area contributed by atoms with Crippen LogP contribution in [0.1, 0.15) is 5.56 Å². The maximum absolute atomic E-state index is 6.36. The fourth-order valence-electron chi connectivity index (χ4n) is 4.06. The fourth-order valence-corrected chi connectivity index (χ4v) is 4.23. The SMILES string of the molecule is COc1ccc(CNc2cnnc3cc(-c4cc(Cl)ccc4-c4ccccn4)ccc23)c(OC)c1. The molecule has 0 atom stereocenters. The summed E-state index contributed by atoms with van der Waals surface area (Å²) in [6.45, 7) is 0.563. The number of fused-ring (bicyclic) bond motifs is 1. The number of hydrogen-bond acceptors (Lipinski definition) is 6. The van der Waals surface area contributed by atoms with Crippen molar-refractivity contribution in [3.8, 4) is 33.9 Å². The highest BCUT2D eigenvalue weighted by Crippen LogP contribution is 2.35. The number of anilines is 1. The van der Waals surface area contributed by atoms with Crippen molar-refractivity contribution in [3.05, 3.63) is 95.8 Å². The van der Waals surface area contributed by atoms with Crippen molar-refractivity contribution < 1.29 is 9.47 Å². The smallest absolute Gasteiger partial charge is 0.127 e. The Morgan fingerprint density at radius 3 is 2.60 bits per heavy atom. The molecule has 6 nitrogen and oxygen atoms in total. The molecule has 2 aromatic heterocycles. The van der Waals surface area contributed by atoms with Gasteiger partial charge in [0.05, 0.1) is 37.3 Å². The van der Waals surface area contributed by atoms with Crippen LogP contribution in [0.25, 0.3) is 33.3 Å². The van der Waals surface area contributed by atoms with Crippen LogP contribution in [0.5, 0.6) is 11.5 Å². The molecule has 7 heteroatoms. The van der Waals surface area contributed by atoms with E-state index in [0.29, 0.717) is 11.6 Å². The van der Waals surface area contributed by atoms with Crippen LogP contribution in [0.3, 0.4) is 0 Å². The Kier molecular flexibility index (Phi) is 6.46. The van der Waals surface area contributed by atoms with Crippen LogP contribution in [0, 0.1) is 0 Å². The van der Waals surface area contributed by atoms with Crippen LogP contribution in [0.15, 0.2) is 85.2 Å². The highest BCUT2D eigenvalue weighted by Gasteiger charge is 2.12. The first-order valence-electron chi connectivity index (χ1n) is 11.1. The van der Waals surface area contributed by atoms with Crippen molar-refractivity contribution in [2.45, 2.75) is 6.54 Å². The van der Waals surface area contributed by atoms with Crippen molar-refractivity contribution in [2.24, 2.45) is 0 Å². The molecule has 5 aromatic rings. The van der Waals surface area contributed by atoms with Gasteiger partial charge < -0.3 is 14.8 Å². The van der Waals surface area contributed by atoms with E-state index < -0.39 is 0 Å². The quantitative estimate of drug-likeness (QED) is 0.280. The second kappa shape index (κ2) is 9.99. The van der Waals surface area contributed by atoms with Gasteiger partial charge in [0.1, 0.15) is 11.5 Å². The lowest BCUT2D eigenvalue weighted by atomic mass is 9.96. The van der Waals surface area contributed by atoms with Crippen molar-refractivity contribution in [1.29, 1.82) is 0 Å². The zero-order valence-corrected chi connectivity index (χ0v) is 20.1. The number of benzene rings is 3. The van der Waals surface area contributed by atoms with Gasteiger partial charge in [-0.25, -0.2) is 0 Å². The molecular weight excluding hydrogens is 460 g/mol. The highest BCUT2D eigenvalue weighted by atomic mass is 35.5. The van der Waals surface area contributed by atoms with Gasteiger partial charge in [-0.1, -0.05) is 29.8 Å². The third kappa shape index (κ3) is 4.74. The second-order valence-electron chi connectivity index (χ2n) is 7.93. The minimum atomic E-state index is 0.563. The molecule has 2 heterocycles. The van der Waals surface area contributed by atoms with Gasteiger partial charge in [0.25, 0.3) is 0 Å². The first kappa shape index (κ1) is 22.6. The van der Waals surface area contributed by atoms with Gasteiger partial charge >= 0.3 is 0 Å². The molecule has 0 saturated heterocycles. The number of methoxy groups -OCH3 is 2. The largest absolute Gasteiger partial charge is 0.497 e. The molecule has 0 spiro atoms. The summed E-state index contributed by atoms with van der Waals surface area (Å²) < 4.78 is 10.8.